The molecule has 3 aromatic rings. The molecule has 0 saturated carbocycles. The van der Waals surface area contributed by atoms with Crippen LogP contribution in [0.1, 0.15) is 49.3 Å². The Bertz CT molecular complexity index is 1180. The first kappa shape index (κ1) is 24.5. The smallest absolute Gasteiger partial charge is 0.335 e. The van der Waals surface area contributed by atoms with Gasteiger partial charge in [-0.3, -0.25) is 4.79 Å². The highest BCUT2D eigenvalue weighted by Gasteiger charge is 2.36. The molecule has 8 heteroatoms. The SMILES string of the molecule is Cc1[nH]cnc1C(C(=O)OC(C)(C)C)N(CC(=O)OCc1ccccc1)c1cccc(C#N)c1. The molecule has 0 fully saturated rings. The first-order chi connectivity index (χ1) is 16.2. The number of rotatable bonds is 8. The highest BCUT2D eigenvalue weighted by Crippen LogP contribution is 2.31. The van der Waals surface area contributed by atoms with Crippen LogP contribution in [-0.2, 0) is 25.7 Å². The zero-order valence-electron chi connectivity index (χ0n) is 19.7. The molecular formula is C26H28N4O4. The van der Waals surface area contributed by atoms with Gasteiger partial charge in [-0.05, 0) is 51.5 Å². The van der Waals surface area contributed by atoms with Gasteiger partial charge in [0, 0.05) is 11.4 Å². The van der Waals surface area contributed by atoms with Gasteiger partial charge < -0.3 is 19.4 Å². The number of hydrogen-bond donors (Lipinski definition) is 1. The molecule has 1 aromatic heterocycles. The maximum absolute atomic E-state index is 13.4. The molecule has 0 aliphatic heterocycles. The first-order valence-corrected chi connectivity index (χ1v) is 10.9. The monoisotopic (exact) mass is 460 g/mol. The van der Waals surface area contributed by atoms with Gasteiger partial charge in [0.05, 0.1) is 23.7 Å². The van der Waals surface area contributed by atoms with E-state index in [2.05, 4.69) is 16.0 Å². The van der Waals surface area contributed by atoms with Crippen LogP contribution in [0.4, 0.5) is 5.69 Å². The van der Waals surface area contributed by atoms with Crippen molar-refractivity contribution in [3.63, 3.8) is 0 Å². The van der Waals surface area contributed by atoms with Crippen molar-refractivity contribution in [1.82, 2.24) is 9.97 Å². The summed E-state index contributed by atoms with van der Waals surface area (Å²) in [6, 6.07) is 17.1. The second-order valence-electron chi connectivity index (χ2n) is 8.79. The van der Waals surface area contributed by atoms with Crippen molar-refractivity contribution in [2.75, 3.05) is 11.4 Å². The first-order valence-electron chi connectivity index (χ1n) is 10.9. The highest BCUT2D eigenvalue weighted by molar-refractivity contribution is 5.85. The quantitative estimate of drug-likeness (QED) is 0.501. The number of benzene rings is 2. The maximum atomic E-state index is 13.4. The lowest BCUT2D eigenvalue weighted by atomic mass is 10.1. The van der Waals surface area contributed by atoms with E-state index in [1.807, 2.05) is 30.3 Å². The molecule has 2 aromatic carbocycles. The molecule has 0 bridgehead atoms. The zero-order chi connectivity index (χ0) is 24.7. The van der Waals surface area contributed by atoms with Crippen LogP contribution in [0, 0.1) is 18.3 Å². The van der Waals surface area contributed by atoms with E-state index < -0.39 is 23.6 Å². The molecule has 0 spiro atoms. The number of nitriles is 1. The number of aryl methyl sites for hydroxylation is 1. The Labute approximate surface area is 199 Å². The molecule has 8 nitrogen and oxygen atoms in total. The molecule has 1 unspecified atom stereocenters. The van der Waals surface area contributed by atoms with E-state index in [4.69, 9.17) is 9.47 Å². The molecule has 0 aliphatic carbocycles. The number of aromatic amines is 1. The molecule has 1 atom stereocenters. The molecule has 176 valence electrons. The van der Waals surface area contributed by atoms with E-state index >= 15 is 0 Å². The van der Waals surface area contributed by atoms with Gasteiger partial charge in [-0.15, -0.1) is 0 Å². The predicted octanol–water partition coefficient (Wildman–Crippen LogP) is 4.22. The van der Waals surface area contributed by atoms with Crippen LogP contribution < -0.4 is 4.90 Å². The summed E-state index contributed by atoms with van der Waals surface area (Å²) in [6.45, 7) is 6.95. The van der Waals surface area contributed by atoms with E-state index in [-0.39, 0.29) is 13.2 Å². The predicted molar refractivity (Wildman–Crippen MR) is 127 cm³/mol. The molecule has 0 amide bonds. The molecule has 0 saturated heterocycles. The molecule has 3 rings (SSSR count). The zero-order valence-corrected chi connectivity index (χ0v) is 19.7. The fourth-order valence-corrected chi connectivity index (χ4v) is 3.40. The van der Waals surface area contributed by atoms with Crippen LogP contribution in [0.25, 0.3) is 0 Å². The van der Waals surface area contributed by atoms with E-state index in [0.717, 1.165) is 5.56 Å². The van der Waals surface area contributed by atoms with Crippen molar-refractivity contribution in [2.24, 2.45) is 0 Å². The van der Waals surface area contributed by atoms with Gasteiger partial charge >= 0.3 is 11.9 Å². The number of hydrogen-bond acceptors (Lipinski definition) is 7. The number of carbonyl (C=O) groups is 2. The van der Waals surface area contributed by atoms with Crippen molar-refractivity contribution >= 4 is 17.6 Å². The largest absolute Gasteiger partial charge is 0.459 e. The molecule has 1 N–H and O–H groups in total. The minimum Gasteiger partial charge on any atom is -0.459 e. The number of ether oxygens (including phenoxy) is 2. The summed E-state index contributed by atoms with van der Waals surface area (Å²) >= 11 is 0. The summed E-state index contributed by atoms with van der Waals surface area (Å²) in [5.74, 6) is -1.10. The standard InChI is InChI=1S/C26H28N4O4/c1-18-23(29-17-28-18)24(25(32)34-26(2,3)4)30(21-12-8-11-20(13-21)14-27)15-22(31)33-16-19-9-6-5-7-10-19/h5-13,17,24H,15-16H2,1-4H3,(H,28,29). The third-order valence-corrected chi connectivity index (χ3v) is 4.92. The van der Waals surface area contributed by atoms with Crippen LogP contribution >= 0.6 is 0 Å². The molecule has 0 radical (unpaired) electrons. The van der Waals surface area contributed by atoms with Crippen molar-refractivity contribution in [3.8, 4) is 6.07 Å². The summed E-state index contributed by atoms with van der Waals surface area (Å²) in [5.41, 5.74) is 2.06. The van der Waals surface area contributed by atoms with E-state index in [9.17, 15) is 14.9 Å². The van der Waals surface area contributed by atoms with Crippen LogP contribution in [0.2, 0.25) is 0 Å². The maximum Gasteiger partial charge on any atom is 0.335 e. The highest BCUT2D eigenvalue weighted by atomic mass is 16.6. The summed E-state index contributed by atoms with van der Waals surface area (Å²) in [6.07, 6.45) is 1.49. The normalized spacial score (nSPS) is 11.9. The van der Waals surface area contributed by atoms with Crippen LogP contribution in [0.15, 0.2) is 60.9 Å². The van der Waals surface area contributed by atoms with E-state index in [1.165, 1.54) is 6.33 Å². The molecular weight excluding hydrogens is 432 g/mol. The lowest BCUT2D eigenvalue weighted by molar-refractivity contribution is -0.157. The van der Waals surface area contributed by atoms with Gasteiger partial charge in [0.1, 0.15) is 18.8 Å². The Kier molecular flexibility index (Phi) is 7.69. The Morgan fingerprint density at radius 2 is 1.88 bits per heavy atom. The Morgan fingerprint density at radius 3 is 2.50 bits per heavy atom. The van der Waals surface area contributed by atoms with Crippen molar-refractivity contribution < 1.29 is 19.1 Å². The number of anilines is 1. The summed E-state index contributed by atoms with van der Waals surface area (Å²) in [4.78, 5) is 35.2. The number of esters is 2. The topological polar surface area (TPSA) is 108 Å². The van der Waals surface area contributed by atoms with Crippen LogP contribution in [0.5, 0.6) is 0 Å². The second kappa shape index (κ2) is 10.7. The summed E-state index contributed by atoms with van der Waals surface area (Å²) < 4.78 is 11.2. The summed E-state index contributed by atoms with van der Waals surface area (Å²) in [5, 5.41) is 9.40. The van der Waals surface area contributed by atoms with Gasteiger partial charge in [-0.1, -0.05) is 36.4 Å². The van der Waals surface area contributed by atoms with Gasteiger partial charge in [-0.25, -0.2) is 9.78 Å². The number of nitrogens with one attached hydrogen (secondary N) is 1. The van der Waals surface area contributed by atoms with E-state index in [0.29, 0.717) is 22.6 Å². The minimum atomic E-state index is -1.04. The van der Waals surface area contributed by atoms with Gasteiger partial charge in [-0.2, -0.15) is 5.26 Å². The van der Waals surface area contributed by atoms with Crippen molar-refractivity contribution in [1.29, 1.82) is 5.26 Å². The van der Waals surface area contributed by atoms with Gasteiger partial charge in [0.25, 0.3) is 0 Å². The Hall–Kier alpha value is -4.12. The van der Waals surface area contributed by atoms with Crippen molar-refractivity contribution in [3.05, 3.63) is 83.4 Å². The average Bonchev–Trinajstić information content (AvgIpc) is 3.22. The van der Waals surface area contributed by atoms with Crippen molar-refractivity contribution in [2.45, 2.75) is 45.9 Å². The summed E-state index contributed by atoms with van der Waals surface area (Å²) in [7, 11) is 0. The molecule has 0 aliphatic rings. The fraction of sp³-hybridized carbons (Fsp3) is 0.308. The van der Waals surface area contributed by atoms with Gasteiger partial charge in [0.15, 0.2) is 6.04 Å². The molecule has 34 heavy (non-hydrogen) atoms. The Morgan fingerprint density at radius 1 is 1.15 bits per heavy atom. The minimum absolute atomic E-state index is 0.101. The number of H-pyrrole nitrogens is 1. The third kappa shape index (κ3) is 6.45. The second-order valence-corrected chi connectivity index (χ2v) is 8.79. The van der Waals surface area contributed by atoms with Gasteiger partial charge in [0.2, 0.25) is 0 Å². The lowest BCUT2D eigenvalue weighted by Crippen LogP contribution is -2.42. The lowest BCUT2D eigenvalue weighted by Gasteiger charge is -2.33. The average molecular weight is 461 g/mol. The third-order valence-electron chi connectivity index (χ3n) is 4.92. The van der Waals surface area contributed by atoms with Crippen LogP contribution in [-0.4, -0.2) is 34.1 Å². The number of nitrogens with zero attached hydrogens (tertiary/aromatic N) is 3. The number of carbonyl (C=O) groups excluding carboxylic acids is 2. The number of imidazole rings is 1. The van der Waals surface area contributed by atoms with E-state index in [1.54, 1.807) is 56.9 Å². The Balaban J connectivity index is 1.98. The number of aromatic nitrogens is 2. The fourth-order valence-electron chi connectivity index (χ4n) is 3.40. The van der Waals surface area contributed by atoms with Crippen LogP contribution in [0.3, 0.4) is 0 Å². The molecule has 1 heterocycles.